The number of aromatic nitrogens is 1. The highest BCUT2D eigenvalue weighted by atomic mass is 32.1. The van der Waals surface area contributed by atoms with Gasteiger partial charge in [0.2, 0.25) is 0 Å². The van der Waals surface area contributed by atoms with E-state index in [9.17, 15) is 4.79 Å². The number of amides is 1. The van der Waals surface area contributed by atoms with E-state index in [-0.39, 0.29) is 5.91 Å². The number of thiophene rings is 1. The molecule has 126 valence electrons. The van der Waals surface area contributed by atoms with Gasteiger partial charge in [0.05, 0.1) is 17.3 Å². The van der Waals surface area contributed by atoms with E-state index in [4.69, 9.17) is 4.74 Å². The van der Waals surface area contributed by atoms with Crippen molar-refractivity contribution in [2.45, 2.75) is 26.8 Å². The molecule has 4 nitrogen and oxygen atoms in total. The number of hydrogen-bond acceptors (Lipinski definition) is 3. The second-order valence-corrected chi connectivity index (χ2v) is 7.11. The molecule has 0 fully saturated rings. The maximum atomic E-state index is 12.5. The number of carbonyl (C=O) groups excluding carboxylic acids is 1. The predicted molar refractivity (Wildman–Crippen MR) is 99.3 cm³/mol. The molecule has 0 atom stereocenters. The summed E-state index contributed by atoms with van der Waals surface area (Å²) in [7, 11) is 1.66. The molecule has 1 amide bonds. The highest BCUT2D eigenvalue weighted by Crippen LogP contribution is 2.29. The average Bonchev–Trinajstić information content (AvgIpc) is 3.10. The van der Waals surface area contributed by atoms with Crippen molar-refractivity contribution >= 4 is 27.5 Å². The molecular formula is C19H22N2O2S. The molecule has 3 rings (SSSR count). The Kier molecular flexibility index (Phi) is 4.90. The Morgan fingerprint density at radius 1 is 1.25 bits per heavy atom. The molecule has 3 aromatic rings. The minimum atomic E-state index is -0.00795. The summed E-state index contributed by atoms with van der Waals surface area (Å²) in [5.41, 5.74) is 2.98. The smallest absolute Gasteiger partial charge is 0.267 e. The number of nitrogens with zero attached hydrogens (tertiary/aromatic N) is 1. The Hall–Kier alpha value is -2.27. The molecule has 0 saturated heterocycles. The molecule has 5 heteroatoms. The number of ether oxygens (including phenoxy) is 1. The Bertz CT molecular complexity index is 846. The van der Waals surface area contributed by atoms with Gasteiger partial charge >= 0.3 is 0 Å². The van der Waals surface area contributed by atoms with Crippen LogP contribution in [0.25, 0.3) is 10.2 Å². The number of benzene rings is 1. The molecule has 0 aliphatic heterocycles. The Balaban J connectivity index is 1.97. The summed E-state index contributed by atoms with van der Waals surface area (Å²) in [6.45, 7) is 5.51. The van der Waals surface area contributed by atoms with Crippen molar-refractivity contribution in [2.24, 2.45) is 0 Å². The van der Waals surface area contributed by atoms with E-state index < -0.39 is 0 Å². The van der Waals surface area contributed by atoms with Crippen LogP contribution in [0.2, 0.25) is 0 Å². The van der Waals surface area contributed by atoms with Gasteiger partial charge in [-0.2, -0.15) is 0 Å². The molecule has 24 heavy (non-hydrogen) atoms. The van der Waals surface area contributed by atoms with Crippen molar-refractivity contribution < 1.29 is 9.53 Å². The first-order valence-electron chi connectivity index (χ1n) is 8.13. The predicted octanol–water partition coefficient (Wildman–Crippen LogP) is 4.21. The van der Waals surface area contributed by atoms with Gasteiger partial charge in [0, 0.05) is 18.0 Å². The third-order valence-electron chi connectivity index (χ3n) is 3.98. The van der Waals surface area contributed by atoms with Crippen LogP contribution in [0.5, 0.6) is 5.75 Å². The number of carbonyl (C=O) groups is 1. The van der Waals surface area contributed by atoms with Crippen LogP contribution in [0.1, 0.15) is 34.3 Å². The number of methoxy groups -OCH3 is 1. The standard InChI is InChI=1S/C19H22N2O2S/c1-4-9-20-19(22)17-11-18-16(10-13(2)24-18)21(17)12-14-5-7-15(23-3)8-6-14/h5-8,10-11H,4,9,12H2,1-3H3,(H,20,22). The van der Waals surface area contributed by atoms with Crippen LogP contribution < -0.4 is 10.1 Å². The fourth-order valence-electron chi connectivity index (χ4n) is 2.77. The van der Waals surface area contributed by atoms with Crippen molar-refractivity contribution in [3.8, 4) is 5.75 Å². The third-order valence-corrected chi connectivity index (χ3v) is 4.97. The summed E-state index contributed by atoms with van der Waals surface area (Å²) in [6, 6.07) is 12.1. The first-order valence-corrected chi connectivity index (χ1v) is 8.94. The average molecular weight is 342 g/mol. The van der Waals surface area contributed by atoms with Crippen LogP contribution in [-0.4, -0.2) is 24.1 Å². The summed E-state index contributed by atoms with van der Waals surface area (Å²) in [4.78, 5) is 13.8. The van der Waals surface area contributed by atoms with E-state index in [1.165, 1.54) is 4.88 Å². The third kappa shape index (κ3) is 3.31. The fourth-order valence-corrected chi connectivity index (χ4v) is 3.73. The van der Waals surface area contributed by atoms with Crippen molar-refractivity contribution in [3.63, 3.8) is 0 Å². The number of aryl methyl sites for hydroxylation is 1. The van der Waals surface area contributed by atoms with E-state index in [1.54, 1.807) is 18.4 Å². The van der Waals surface area contributed by atoms with Gasteiger partial charge in [-0.15, -0.1) is 11.3 Å². The van der Waals surface area contributed by atoms with E-state index in [0.717, 1.165) is 33.6 Å². The zero-order valence-electron chi connectivity index (χ0n) is 14.3. The lowest BCUT2D eigenvalue weighted by Gasteiger charge is -2.11. The van der Waals surface area contributed by atoms with Gasteiger partial charge in [-0.1, -0.05) is 19.1 Å². The molecule has 0 aliphatic rings. The van der Waals surface area contributed by atoms with Gasteiger partial charge in [0.1, 0.15) is 11.4 Å². The van der Waals surface area contributed by atoms with Crippen LogP contribution in [0.3, 0.4) is 0 Å². The van der Waals surface area contributed by atoms with Crippen molar-refractivity contribution in [2.75, 3.05) is 13.7 Å². The summed E-state index contributed by atoms with van der Waals surface area (Å²) in [5.74, 6) is 0.829. The van der Waals surface area contributed by atoms with Crippen molar-refractivity contribution in [3.05, 3.63) is 52.5 Å². The zero-order valence-corrected chi connectivity index (χ0v) is 15.1. The van der Waals surface area contributed by atoms with Gasteiger partial charge in [0.15, 0.2) is 0 Å². The molecule has 0 unspecified atom stereocenters. The van der Waals surface area contributed by atoms with Crippen LogP contribution in [-0.2, 0) is 6.54 Å². The molecule has 1 N–H and O–H groups in total. The summed E-state index contributed by atoms with van der Waals surface area (Å²) in [5, 5.41) is 2.98. The molecule has 0 spiro atoms. The van der Waals surface area contributed by atoms with Crippen molar-refractivity contribution in [1.82, 2.24) is 9.88 Å². The van der Waals surface area contributed by atoms with E-state index in [1.807, 2.05) is 30.3 Å². The second kappa shape index (κ2) is 7.09. The van der Waals surface area contributed by atoms with Gasteiger partial charge in [-0.25, -0.2) is 0 Å². The fraction of sp³-hybridized carbons (Fsp3) is 0.316. The Morgan fingerprint density at radius 2 is 2.00 bits per heavy atom. The summed E-state index contributed by atoms with van der Waals surface area (Å²) < 4.78 is 8.47. The van der Waals surface area contributed by atoms with Crippen LogP contribution >= 0.6 is 11.3 Å². The monoisotopic (exact) mass is 342 g/mol. The number of rotatable bonds is 6. The highest BCUT2D eigenvalue weighted by Gasteiger charge is 2.17. The topological polar surface area (TPSA) is 43.3 Å². The Morgan fingerprint density at radius 3 is 2.67 bits per heavy atom. The van der Waals surface area contributed by atoms with Crippen LogP contribution in [0.4, 0.5) is 0 Å². The molecule has 1 aromatic carbocycles. The van der Waals surface area contributed by atoms with E-state index >= 15 is 0 Å². The molecule has 0 saturated carbocycles. The number of fused-ring (bicyclic) bond motifs is 1. The lowest BCUT2D eigenvalue weighted by Crippen LogP contribution is -2.26. The van der Waals surface area contributed by atoms with E-state index in [0.29, 0.717) is 13.1 Å². The first-order chi connectivity index (χ1) is 11.6. The largest absolute Gasteiger partial charge is 0.497 e. The van der Waals surface area contributed by atoms with Gasteiger partial charge in [-0.3, -0.25) is 4.79 Å². The normalized spacial score (nSPS) is 11.0. The van der Waals surface area contributed by atoms with Crippen LogP contribution in [0.15, 0.2) is 36.4 Å². The molecule has 0 radical (unpaired) electrons. The van der Waals surface area contributed by atoms with Gasteiger partial charge in [0.25, 0.3) is 5.91 Å². The zero-order chi connectivity index (χ0) is 17.1. The summed E-state index contributed by atoms with van der Waals surface area (Å²) >= 11 is 1.72. The molecule has 0 aliphatic carbocycles. The van der Waals surface area contributed by atoms with E-state index in [2.05, 4.69) is 29.8 Å². The molecule has 0 bridgehead atoms. The lowest BCUT2D eigenvalue weighted by atomic mass is 10.2. The Labute approximate surface area is 146 Å². The minimum absolute atomic E-state index is 0.00795. The van der Waals surface area contributed by atoms with Gasteiger partial charge in [-0.05, 0) is 43.2 Å². The van der Waals surface area contributed by atoms with Gasteiger partial charge < -0.3 is 14.6 Å². The lowest BCUT2D eigenvalue weighted by molar-refractivity contribution is 0.0945. The number of nitrogens with one attached hydrogen (secondary N) is 1. The molecule has 2 heterocycles. The first kappa shape index (κ1) is 16.6. The van der Waals surface area contributed by atoms with Crippen molar-refractivity contribution in [1.29, 1.82) is 0 Å². The second-order valence-electron chi connectivity index (χ2n) is 5.83. The molecular weight excluding hydrogens is 320 g/mol. The van der Waals surface area contributed by atoms with Crippen LogP contribution in [0, 0.1) is 6.92 Å². The quantitative estimate of drug-likeness (QED) is 0.729. The molecule has 2 aromatic heterocycles. The summed E-state index contributed by atoms with van der Waals surface area (Å²) in [6.07, 6.45) is 0.929. The maximum Gasteiger partial charge on any atom is 0.267 e. The minimum Gasteiger partial charge on any atom is -0.497 e. The number of hydrogen-bond donors (Lipinski definition) is 1. The highest BCUT2D eigenvalue weighted by molar-refractivity contribution is 7.19. The SMILES string of the molecule is CCCNC(=O)c1cc2sc(C)cc2n1Cc1ccc(OC)cc1. The maximum absolute atomic E-state index is 12.5.